The molecule has 0 saturated heterocycles. The lowest BCUT2D eigenvalue weighted by atomic mass is 9.50. The van der Waals surface area contributed by atoms with Crippen LogP contribution in [0.2, 0.25) is 0 Å². The monoisotopic (exact) mass is 284 g/mol. The Morgan fingerprint density at radius 1 is 1.48 bits per heavy atom. The van der Waals surface area contributed by atoms with Crippen LogP contribution in [0.1, 0.15) is 46.5 Å². The quantitative estimate of drug-likeness (QED) is 0.798. The van der Waals surface area contributed by atoms with E-state index in [1.165, 1.54) is 5.57 Å². The molecule has 4 rings (SSSR count). The van der Waals surface area contributed by atoms with E-state index in [1.54, 1.807) is 0 Å². The minimum atomic E-state index is -0.933. The molecule has 0 spiro atoms. The molecule has 2 heteroatoms. The van der Waals surface area contributed by atoms with Crippen molar-refractivity contribution in [2.24, 2.45) is 11.3 Å². The molecular weight excluding hydrogens is 260 g/mol. The normalized spacial score (nSPS) is 38.4. The lowest BCUT2D eigenvalue weighted by Crippen LogP contribution is -2.54. The van der Waals surface area contributed by atoms with Crippen LogP contribution in [0.3, 0.4) is 0 Å². The third-order valence-corrected chi connectivity index (χ3v) is 5.48. The number of hydrogen-bond donors (Lipinski definition) is 1. The largest absolute Gasteiger partial charge is 0.381 e. The van der Waals surface area contributed by atoms with Gasteiger partial charge < -0.3 is 9.90 Å². The van der Waals surface area contributed by atoms with Crippen molar-refractivity contribution in [2.75, 3.05) is 0 Å². The molecule has 4 aliphatic carbocycles. The highest BCUT2D eigenvalue weighted by molar-refractivity contribution is 5.70. The first-order valence-corrected chi connectivity index (χ1v) is 7.94. The van der Waals surface area contributed by atoms with Gasteiger partial charge in [-0.1, -0.05) is 38.2 Å². The molecule has 0 aromatic rings. The van der Waals surface area contributed by atoms with E-state index in [2.05, 4.69) is 31.2 Å². The molecule has 0 aromatic carbocycles. The van der Waals surface area contributed by atoms with Gasteiger partial charge in [-0.05, 0) is 54.9 Å². The molecule has 4 aliphatic rings. The first-order valence-electron chi connectivity index (χ1n) is 7.94. The summed E-state index contributed by atoms with van der Waals surface area (Å²) >= 11 is 0. The maximum absolute atomic E-state index is 11.8. The highest BCUT2D eigenvalue weighted by Crippen LogP contribution is 2.60. The van der Waals surface area contributed by atoms with E-state index in [9.17, 15) is 9.90 Å². The molecule has 2 bridgehead atoms. The topological polar surface area (TPSA) is 37.3 Å². The standard InChI is InChI=1S/C19H24O2/c1-4-5-8-14-13(2)19(21)11-18(3,12-20)17(14)15-9-6-7-10-16(15)19/h5-6,8-9,12,17,21H,4,7,10-11H2,1-3H3/b8-5-. The molecule has 0 heterocycles. The van der Waals surface area contributed by atoms with Crippen LogP contribution >= 0.6 is 0 Å². The number of carbonyl (C=O) groups is 1. The van der Waals surface area contributed by atoms with Crippen LogP contribution in [-0.2, 0) is 4.79 Å². The van der Waals surface area contributed by atoms with Crippen molar-refractivity contribution in [3.8, 4) is 0 Å². The smallest absolute Gasteiger partial charge is 0.126 e. The molecule has 0 amide bonds. The van der Waals surface area contributed by atoms with Crippen molar-refractivity contribution in [3.63, 3.8) is 0 Å². The first-order chi connectivity index (χ1) is 9.98. The zero-order valence-electron chi connectivity index (χ0n) is 13.1. The van der Waals surface area contributed by atoms with Crippen molar-refractivity contribution in [2.45, 2.75) is 52.1 Å². The van der Waals surface area contributed by atoms with Crippen molar-refractivity contribution in [3.05, 3.63) is 46.6 Å². The number of aliphatic hydroxyl groups is 1. The van der Waals surface area contributed by atoms with E-state index in [1.807, 2.05) is 13.8 Å². The SMILES string of the molecule is CC/C=C\C1=C(C)C2(O)CC(C)(C=O)C1C1=C2CCC=C1. The molecule has 0 aliphatic heterocycles. The molecule has 21 heavy (non-hydrogen) atoms. The van der Waals surface area contributed by atoms with Crippen LogP contribution in [-0.4, -0.2) is 17.0 Å². The number of allylic oxidation sites excluding steroid dienone is 6. The minimum Gasteiger partial charge on any atom is -0.381 e. The zero-order chi connectivity index (χ0) is 15.3. The molecule has 0 fully saturated rings. The summed E-state index contributed by atoms with van der Waals surface area (Å²) in [4.78, 5) is 11.8. The maximum atomic E-state index is 11.8. The zero-order valence-corrected chi connectivity index (χ0v) is 13.1. The van der Waals surface area contributed by atoms with E-state index in [0.717, 1.165) is 42.3 Å². The summed E-state index contributed by atoms with van der Waals surface area (Å²) in [6.45, 7) is 6.13. The molecule has 0 aromatic heterocycles. The summed E-state index contributed by atoms with van der Waals surface area (Å²) in [6, 6.07) is 0. The van der Waals surface area contributed by atoms with Crippen LogP contribution in [0.25, 0.3) is 0 Å². The Labute approximate surface area is 126 Å². The summed E-state index contributed by atoms with van der Waals surface area (Å²) in [6.07, 6.45) is 13.0. The van der Waals surface area contributed by atoms with E-state index < -0.39 is 11.0 Å². The molecule has 0 radical (unpaired) electrons. The summed E-state index contributed by atoms with van der Waals surface area (Å²) in [5, 5.41) is 11.4. The van der Waals surface area contributed by atoms with Gasteiger partial charge in [0, 0.05) is 11.3 Å². The number of hydrogen-bond acceptors (Lipinski definition) is 2. The molecule has 0 saturated carbocycles. The molecule has 1 N–H and O–H groups in total. The van der Waals surface area contributed by atoms with Gasteiger partial charge in [0.05, 0.1) is 0 Å². The van der Waals surface area contributed by atoms with Crippen LogP contribution < -0.4 is 0 Å². The van der Waals surface area contributed by atoms with Crippen molar-refractivity contribution in [1.82, 2.24) is 0 Å². The van der Waals surface area contributed by atoms with Gasteiger partial charge in [-0.3, -0.25) is 0 Å². The number of carbonyl (C=O) groups excluding carboxylic acids is 1. The second-order valence-electron chi connectivity index (χ2n) is 6.86. The minimum absolute atomic E-state index is 0.0957. The van der Waals surface area contributed by atoms with Gasteiger partial charge >= 0.3 is 0 Å². The molecule has 3 unspecified atom stereocenters. The molecule has 3 atom stereocenters. The summed E-state index contributed by atoms with van der Waals surface area (Å²) in [7, 11) is 0. The average molecular weight is 284 g/mol. The lowest BCUT2D eigenvalue weighted by molar-refractivity contribution is -0.121. The summed E-state index contributed by atoms with van der Waals surface area (Å²) < 4.78 is 0. The van der Waals surface area contributed by atoms with Crippen molar-refractivity contribution in [1.29, 1.82) is 0 Å². The van der Waals surface area contributed by atoms with E-state index >= 15 is 0 Å². The van der Waals surface area contributed by atoms with Gasteiger partial charge in [0.1, 0.15) is 11.9 Å². The van der Waals surface area contributed by atoms with Gasteiger partial charge in [-0.25, -0.2) is 0 Å². The van der Waals surface area contributed by atoms with Gasteiger partial charge in [0.15, 0.2) is 0 Å². The molecule has 2 nitrogen and oxygen atoms in total. The Hall–Kier alpha value is -1.41. The highest BCUT2D eigenvalue weighted by Gasteiger charge is 2.57. The fraction of sp³-hybridized carbons (Fsp3) is 0.526. The van der Waals surface area contributed by atoms with Gasteiger partial charge in [0.25, 0.3) is 0 Å². The molecular formula is C19H24O2. The van der Waals surface area contributed by atoms with E-state index in [0.29, 0.717) is 6.42 Å². The first kappa shape index (κ1) is 14.5. The Balaban J connectivity index is 2.24. The van der Waals surface area contributed by atoms with Gasteiger partial charge in [0.2, 0.25) is 0 Å². The number of aldehydes is 1. The van der Waals surface area contributed by atoms with Crippen molar-refractivity contribution < 1.29 is 9.90 Å². The number of rotatable bonds is 3. The Bertz CT molecular complexity index is 605. The van der Waals surface area contributed by atoms with Crippen LogP contribution in [0.5, 0.6) is 0 Å². The van der Waals surface area contributed by atoms with Gasteiger partial charge in [-0.15, -0.1) is 0 Å². The summed E-state index contributed by atoms with van der Waals surface area (Å²) in [5.41, 5.74) is 3.09. The predicted molar refractivity (Wildman–Crippen MR) is 84.8 cm³/mol. The van der Waals surface area contributed by atoms with Gasteiger partial charge in [-0.2, -0.15) is 0 Å². The third-order valence-electron chi connectivity index (χ3n) is 5.48. The van der Waals surface area contributed by atoms with E-state index in [-0.39, 0.29) is 5.92 Å². The second kappa shape index (κ2) is 4.81. The average Bonchev–Trinajstić information content (AvgIpc) is 2.49. The van der Waals surface area contributed by atoms with E-state index in [4.69, 9.17) is 0 Å². The molecule has 112 valence electrons. The Kier molecular flexibility index (Phi) is 3.32. The highest BCUT2D eigenvalue weighted by atomic mass is 16.3. The second-order valence-corrected chi connectivity index (χ2v) is 6.86. The fourth-order valence-corrected chi connectivity index (χ4v) is 4.43. The maximum Gasteiger partial charge on any atom is 0.126 e. The predicted octanol–water partition coefficient (Wildman–Crippen LogP) is 3.89. The Morgan fingerprint density at radius 2 is 2.24 bits per heavy atom. The lowest BCUT2D eigenvalue weighted by Gasteiger charge is -2.55. The third kappa shape index (κ3) is 1.85. The van der Waals surface area contributed by atoms with Crippen molar-refractivity contribution >= 4 is 6.29 Å². The Morgan fingerprint density at radius 3 is 2.90 bits per heavy atom. The van der Waals surface area contributed by atoms with Crippen LogP contribution in [0, 0.1) is 11.3 Å². The fourth-order valence-electron chi connectivity index (χ4n) is 4.43. The number of fused-ring (bicyclic) bond motifs is 1. The van der Waals surface area contributed by atoms with Crippen LogP contribution in [0.4, 0.5) is 0 Å². The summed E-state index contributed by atoms with van der Waals surface area (Å²) in [5.74, 6) is 0.0957. The van der Waals surface area contributed by atoms with Crippen LogP contribution in [0.15, 0.2) is 46.6 Å².